The Balaban J connectivity index is 0.000000349. The molecule has 0 unspecified atom stereocenters. The maximum Gasteiger partial charge on any atom is 0.389 e. The van der Waals surface area contributed by atoms with Gasteiger partial charge in [-0.3, -0.25) is 4.79 Å². The van der Waals surface area contributed by atoms with E-state index in [0.29, 0.717) is 0 Å². The molecule has 0 amide bonds. The van der Waals surface area contributed by atoms with E-state index in [1.807, 2.05) is 0 Å². The van der Waals surface area contributed by atoms with Crippen LogP contribution in [0.4, 0.5) is 57.1 Å². The number of halogens is 13. The fourth-order valence-corrected chi connectivity index (χ4v) is 3.69. The largest absolute Gasteiger partial charge is 0.481 e. The van der Waals surface area contributed by atoms with Gasteiger partial charge in [0.25, 0.3) is 0 Å². The summed E-state index contributed by atoms with van der Waals surface area (Å²) in [5.41, 5.74) is 1.61. The molecule has 0 heterocycles. The van der Waals surface area contributed by atoms with Gasteiger partial charge in [0.15, 0.2) is 0 Å². The summed E-state index contributed by atoms with van der Waals surface area (Å²) in [4.78, 5) is 10.6. The molecule has 2 aromatic rings. The van der Waals surface area contributed by atoms with Gasteiger partial charge >= 0.3 is 41.8 Å². The smallest absolute Gasteiger partial charge is 0.389 e. The summed E-state index contributed by atoms with van der Waals surface area (Å²) < 4.78 is 170. The normalized spacial score (nSPS) is 14.7. The third-order valence-corrected chi connectivity index (χ3v) is 6.39. The van der Waals surface area contributed by atoms with Crippen molar-refractivity contribution >= 4 is 5.97 Å². The molecule has 2 nitrogen and oxygen atoms in total. The number of carboxylic acid groups (broad SMARTS) is 1. The summed E-state index contributed by atoms with van der Waals surface area (Å²) in [5.74, 6) is -38.3. The maximum atomic E-state index is 13.7. The second kappa shape index (κ2) is 10.4. The second-order valence-electron chi connectivity index (χ2n) is 9.54. The number of fused-ring (bicyclic) bond motifs is 3. The number of carbonyl (C=O) groups is 1. The van der Waals surface area contributed by atoms with Crippen LogP contribution >= 0.6 is 0 Å². The Labute approximate surface area is 218 Å². The van der Waals surface area contributed by atoms with E-state index >= 15 is 0 Å². The lowest BCUT2D eigenvalue weighted by Crippen LogP contribution is -2.70. The zero-order chi connectivity index (χ0) is 31.2. The Kier molecular flexibility index (Phi) is 8.67. The van der Waals surface area contributed by atoms with Crippen LogP contribution in [0, 0.1) is 5.41 Å². The fourth-order valence-electron chi connectivity index (χ4n) is 3.69. The van der Waals surface area contributed by atoms with Crippen molar-refractivity contribution < 1.29 is 67.0 Å². The van der Waals surface area contributed by atoms with Crippen LogP contribution in [0.1, 0.15) is 37.8 Å². The highest BCUT2D eigenvalue weighted by Crippen LogP contribution is 2.61. The molecule has 0 aliphatic heterocycles. The van der Waals surface area contributed by atoms with Gasteiger partial charge in [0.2, 0.25) is 0 Å². The molecule has 1 N–H and O–H groups in total. The summed E-state index contributed by atoms with van der Waals surface area (Å²) in [6.07, 6.45) is -10.4. The lowest BCUT2D eigenvalue weighted by Gasteiger charge is -2.43. The Morgan fingerprint density at radius 2 is 1.00 bits per heavy atom. The molecule has 40 heavy (non-hydrogen) atoms. The zero-order valence-electron chi connectivity index (χ0n) is 20.5. The number of alkyl halides is 13. The van der Waals surface area contributed by atoms with Gasteiger partial charge < -0.3 is 5.11 Å². The molecule has 0 fully saturated rings. The topological polar surface area (TPSA) is 37.3 Å². The lowest BCUT2D eigenvalue weighted by molar-refractivity contribution is -0.413. The lowest BCUT2D eigenvalue weighted by atomic mass is 9.78. The number of hydrogen-bond acceptors (Lipinski definition) is 1. The highest BCUT2D eigenvalue weighted by Gasteiger charge is 2.88. The van der Waals surface area contributed by atoms with Crippen LogP contribution in [0.25, 0.3) is 11.1 Å². The predicted octanol–water partition coefficient (Wildman–Crippen LogP) is 8.87. The standard InChI is InChI=1S/C13H10.C12H11F13O2/c1-3-7-12-10(5-1)9-11-6-2-4-8-13(11)12;1-6(2,5(26)27)9(18,19)11(22,23)12(24,25)10(20,21)7(13,14)3-4-8(15,16)17/h1-8H,9H2;3-4H2,1-2H3,(H,26,27). The van der Waals surface area contributed by atoms with Crippen molar-refractivity contribution in [1.29, 1.82) is 0 Å². The summed E-state index contributed by atoms with van der Waals surface area (Å²) in [5, 5.41) is 8.42. The van der Waals surface area contributed by atoms with Crippen LogP contribution in [0.3, 0.4) is 0 Å². The monoisotopic (exact) mass is 600 g/mol. The average molecular weight is 600 g/mol. The first-order valence-electron chi connectivity index (χ1n) is 11.2. The Morgan fingerprint density at radius 3 is 1.38 bits per heavy atom. The maximum absolute atomic E-state index is 13.7. The van der Waals surface area contributed by atoms with Gasteiger partial charge in [0.05, 0.1) is 0 Å². The van der Waals surface area contributed by atoms with E-state index in [1.54, 1.807) is 0 Å². The van der Waals surface area contributed by atoms with Crippen molar-refractivity contribution in [3.63, 3.8) is 0 Å². The molecule has 0 atom stereocenters. The molecule has 0 bridgehead atoms. The molecular formula is C25H21F13O2. The van der Waals surface area contributed by atoms with Crippen molar-refractivity contribution in [2.75, 3.05) is 0 Å². The minimum absolute atomic E-state index is 0.265. The van der Waals surface area contributed by atoms with Crippen molar-refractivity contribution in [2.45, 2.75) is 68.9 Å². The Hall–Kier alpha value is -3.00. The van der Waals surface area contributed by atoms with Crippen LogP contribution in [0.2, 0.25) is 0 Å². The number of aliphatic carboxylic acids is 1. The first-order valence-corrected chi connectivity index (χ1v) is 11.2. The molecule has 1 aliphatic rings. The van der Waals surface area contributed by atoms with Gasteiger partial charge in [-0.1, -0.05) is 48.5 Å². The van der Waals surface area contributed by atoms with Gasteiger partial charge in [0, 0.05) is 12.8 Å². The van der Waals surface area contributed by atoms with E-state index in [-0.39, 0.29) is 13.8 Å². The average Bonchev–Trinajstić information content (AvgIpc) is 3.21. The van der Waals surface area contributed by atoms with Crippen LogP contribution in [-0.4, -0.2) is 46.9 Å². The predicted molar refractivity (Wildman–Crippen MR) is 116 cm³/mol. The molecular weight excluding hydrogens is 579 g/mol. The molecule has 224 valence electrons. The molecule has 1 aliphatic carbocycles. The Bertz CT molecular complexity index is 1170. The minimum Gasteiger partial charge on any atom is -0.481 e. The van der Waals surface area contributed by atoms with E-state index in [2.05, 4.69) is 48.5 Å². The van der Waals surface area contributed by atoms with Gasteiger partial charge in [-0.15, -0.1) is 0 Å². The molecule has 15 heteroatoms. The van der Waals surface area contributed by atoms with E-state index in [0.717, 1.165) is 6.42 Å². The van der Waals surface area contributed by atoms with Gasteiger partial charge in [0.1, 0.15) is 5.41 Å². The number of carboxylic acids is 1. The van der Waals surface area contributed by atoms with Crippen LogP contribution < -0.4 is 0 Å². The van der Waals surface area contributed by atoms with Gasteiger partial charge in [-0.05, 0) is 42.5 Å². The number of benzene rings is 2. The van der Waals surface area contributed by atoms with Gasteiger partial charge in [-0.2, -0.15) is 57.1 Å². The van der Waals surface area contributed by atoms with Crippen molar-refractivity contribution in [1.82, 2.24) is 0 Å². The summed E-state index contributed by atoms with van der Waals surface area (Å²) >= 11 is 0. The first kappa shape index (κ1) is 33.2. The third kappa shape index (κ3) is 5.60. The van der Waals surface area contributed by atoms with E-state index in [9.17, 15) is 61.9 Å². The molecule has 0 aromatic heterocycles. The highest BCUT2D eigenvalue weighted by molar-refractivity contribution is 5.76. The van der Waals surface area contributed by atoms with E-state index in [1.165, 1.54) is 22.3 Å². The molecule has 0 spiro atoms. The molecule has 3 rings (SSSR count). The SMILES string of the molecule is CC(C)(C(=O)O)C(F)(F)C(F)(F)C(F)(F)C(F)(F)C(F)(F)CCC(F)(F)F.c1ccc2c(c1)Cc1ccccc1-2. The molecule has 0 saturated heterocycles. The van der Waals surface area contributed by atoms with E-state index < -0.39 is 60.0 Å². The second-order valence-corrected chi connectivity index (χ2v) is 9.54. The first-order chi connectivity index (χ1) is 17.8. The van der Waals surface area contributed by atoms with Crippen molar-refractivity contribution in [2.24, 2.45) is 5.41 Å². The Morgan fingerprint density at radius 1 is 0.625 bits per heavy atom. The van der Waals surface area contributed by atoms with Gasteiger partial charge in [-0.25, -0.2) is 0 Å². The fraction of sp³-hybridized carbons (Fsp3) is 0.480. The molecule has 2 aromatic carbocycles. The summed E-state index contributed by atoms with van der Waals surface area (Å²) in [6, 6.07) is 17.3. The molecule has 0 saturated carbocycles. The van der Waals surface area contributed by atoms with Crippen molar-refractivity contribution in [3.8, 4) is 11.1 Å². The highest BCUT2D eigenvalue weighted by atomic mass is 19.4. The van der Waals surface area contributed by atoms with Crippen LogP contribution in [0.15, 0.2) is 48.5 Å². The van der Waals surface area contributed by atoms with E-state index in [4.69, 9.17) is 5.11 Å². The zero-order valence-corrected chi connectivity index (χ0v) is 20.5. The minimum atomic E-state index is -7.62. The quantitative estimate of drug-likeness (QED) is 0.262. The summed E-state index contributed by atoms with van der Waals surface area (Å²) in [6.45, 7) is -0.529. The number of rotatable bonds is 8. The number of hydrogen-bond donors (Lipinski definition) is 1. The van der Waals surface area contributed by atoms with Crippen LogP contribution in [-0.2, 0) is 11.2 Å². The van der Waals surface area contributed by atoms with Crippen molar-refractivity contribution in [3.05, 3.63) is 59.7 Å². The van der Waals surface area contributed by atoms with Crippen LogP contribution in [0.5, 0.6) is 0 Å². The summed E-state index contributed by atoms with van der Waals surface area (Å²) in [7, 11) is 0. The third-order valence-electron chi connectivity index (χ3n) is 6.39. The molecule has 0 radical (unpaired) electrons.